The number of amides is 1. The Kier molecular flexibility index (Phi) is 5.55. The quantitative estimate of drug-likeness (QED) is 0.834. The third kappa shape index (κ3) is 5.34. The molecule has 0 aliphatic rings. The Hall–Kier alpha value is -2.42. The molecule has 1 aromatic heterocycles. The van der Waals surface area contributed by atoms with Crippen molar-refractivity contribution in [1.29, 1.82) is 0 Å². The van der Waals surface area contributed by atoms with E-state index in [9.17, 15) is 22.8 Å². The van der Waals surface area contributed by atoms with Gasteiger partial charge in [-0.2, -0.15) is 13.2 Å². The zero-order chi connectivity index (χ0) is 17.7. The normalized spacial score (nSPS) is 11.2. The Balaban J connectivity index is 1.79. The molecule has 1 N–H and O–H groups in total. The highest BCUT2D eigenvalue weighted by atomic mass is 32.1. The van der Waals surface area contributed by atoms with Gasteiger partial charge in [-0.3, -0.25) is 9.59 Å². The summed E-state index contributed by atoms with van der Waals surface area (Å²) in [4.78, 5) is 27.3. The van der Waals surface area contributed by atoms with E-state index in [1.807, 2.05) is 0 Å². The third-order valence-electron chi connectivity index (χ3n) is 2.85. The van der Waals surface area contributed by atoms with Crippen molar-refractivity contribution in [3.8, 4) is 0 Å². The Morgan fingerprint density at radius 2 is 1.92 bits per heavy atom. The highest BCUT2D eigenvalue weighted by Gasteiger charge is 2.29. The number of benzene rings is 1. The standard InChI is InChI=1S/C15H13F3N2O3S/c1-9-19-12(8-24-9)6-14(22)23-7-13(21)20-11-4-2-10(3-5-11)15(16,17)18/h2-5,8H,6-7H2,1H3,(H,20,21). The summed E-state index contributed by atoms with van der Waals surface area (Å²) in [7, 11) is 0. The molecule has 0 saturated carbocycles. The molecule has 0 atom stereocenters. The van der Waals surface area contributed by atoms with E-state index in [4.69, 9.17) is 4.74 Å². The summed E-state index contributed by atoms with van der Waals surface area (Å²) < 4.78 is 42.1. The number of aromatic nitrogens is 1. The van der Waals surface area contributed by atoms with Gasteiger partial charge in [0.15, 0.2) is 6.61 Å². The predicted molar refractivity (Wildman–Crippen MR) is 81.6 cm³/mol. The number of rotatable bonds is 5. The molecule has 0 spiro atoms. The van der Waals surface area contributed by atoms with Crippen LogP contribution in [0.3, 0.4) is 0 Å². The van der Waals surface area contributed by atoms with Gasteiger partial charge in [0.1, 0.15) is 0 Å². The van der Waals surface area contributed by atoms with Crippen LogP contribution in [0.4, 0.5) is 18.9 Å². The molecule has 128 valence electrons. The van der Waals surface area contributed by atoms with E-state index in [1.54, 1.807) is 12.3 Å². The molecule has 1 aromatic carbocycles. The molecule has 2 rings (SSSR count). The molecule has 1 heterocycles. The number of hydrogen-bond acceptors (Lipinski definition) is 5. The van der Waals surface area contributed by atoms with Gasteiger partial charge in [0.05, 0.1) is 22.7 Å². The number of thiazole rings is 1. The number of nitrogens with zero attached hydrogens (tertiary/aromatic N) is 1. The van der Waals surface area contributed by atoms with E-state index in [-0.39, 0.29) is 12.1 Å². The fourth-order valence-electron chi connectivity index (χ4n) is 1.77. The fourth-order valence-corrected chi connectivity index (χ4v) is 2.39. The smallest absolute Gasteiger partial charge is 0.416 e. The van der Waals surface area contributed by atoms with Crippen LogP contribution in [0.1, 0.15) is 16.3 Å². The maximum absolute atomic E-state index is 12.4. The molecule has 0 bridgehead atoms. The van der Waals surface area contributed by atoms with Gasteiger partial charge < -0.3 is 10.1 Å². The SMILES string of the molecule is Cc1nc(CC(=O)OCC(=O)Nc2ccc(C(F)(F)F)cc2)cs1. The Morgan fingerprint density at radius 3 is 2.46 bits per heavy atom. The average Bonchev–Trinajstić information content (AvgIpc) is 2.90. The first kappa shape index (κ1) is 17.9. The summed E-state index contributed by atoms with van der Waals surface area (Å²) in [6, 6.07) is 3.96. The van der Waals surface area contributed by atoms with Crippen LogP contribution in [-0.2, 0) is 26.9 Å². The van der Waals surface area contributed by atoms with Gasteiger partial charge in [-0.1, -0.05) is 0 Å². The summed E-state index contributed by atoms with van der Waals surface area (Å²) in [6.07, 6.45) is -4.48. The second-order valence-corrected chi connectivity index (χ2v) is 5.88. The van der Waals surface area contributed by atoms with Crippen molar-refractivity contribution in [3.63, 3.8) is 0 Å². The Bertz CT molecular complexity index is 726. The minimum absolute atomic E-state index is 0.0438. The summed E-state index contributed by atoms with van der Waals surface area (Å²) in [5, 5.41) is 4.89. The van der Waals surface area contributed by atoms with Crippen LogP contribution in [0.25, 0.3) is 0 Å². The Labute approximate surface area is 139 Å². The fraction of sp³-hybridized carbons (Fsp3) is 0.267. The van der Waals surface area contributed by atoms with Crippen molar-refractivity contribution in [2.45, 2.75) is 19.5 Å². The molecule has 9 heteroatoms. The van der Waals surface area contributed by atoms with Gasteiger partial charge >= 0.3 is 12.1 Å². The number of ether oxygens (including phenoxy) is 1. The van der Waals surface area contributed by atoms with Crippen molar-refractivity contribution in [3.05, 3.63) is 45.9 Å². The van der Waals surface area contributed by atoms with Crippen LogP contribution in [0.15, 0.2) is 29.6 Å². The highest BCUT2D eigenvalue weighted by Crippen LogP contribution is 2.29. The summed E-state index contributed by atoms with van der Waals surface area (Å²) in [5.41, 5.74) is -0.0738. The summed E-state index contributed by atoms with van der Waals surface area (Å²) in [5.74, 6) is -1.25. The first-order valence-corrected chi connectivity index (χ1v) is 7.66. The minimum Gasteiger partial charge on any atom is -0.455 e. The third-order valence-corrected chi connectivity index (χ3v) is 3.67. The van der Waals surface area contributed by atoms with Crippen LogP contribution in [-0.4, -0.2) is 23.5 Å². The number of nitrogens with one attached hydrogen (secondary N) is 1. The van der Waals surface area contributed by atoms with E-state index in [2.05, 4.69) is 10.3 Å². The average molecular weight is 358 g/mol. The lowest BCUT2D eigenvalue weighted by atomic mass is 10.2. The second kappa shape index (κ2) is 7.43. The van der Waals surface area contributed by atoms with Gasteiger partial charge in [-0.25, -0.2) is 4.98 Å². The monoisotopic (exact) mass is 358 g/mol. The molecule has 0 fully saturated rings. The zero-order valence-corrected chi connectivity index (χ0v) is 13.3. The number of anilines is 1. The molecule has 0 saturated heterocycles. The van der Waals surface area contributed by atoms with Crippen molar-refractivity contribution in [2.24, 2.45) is 0 Å². The number of carbonyl (C=O) groups is 2. The molecular weight excluding hydrogens is 345 g/mol. The largest absolute Gasteiger partial charge is 0.455 e. The second-order valence-electron chi connectivity index (χ2n) is 4.82. The van der Waals surface area contributed by atoms with Crippen LogP contribution in [0, 0.1) is 6.92 Å². The highest BCUT2D eigenvalue weighted by molar-refractivity contribution is 7.09. The molecule has 0 radical (unpaired) electrons. The maximum Gasteiger partial charge on any atom is 0.416 e. The number of alkyl halides is 3. The molecular formula is C15H13F3N2O3S. The molecule has 0 aliphatic carbocycles. The predicted octanol–water partition coefficient (Wildman–Crippen LogP) is 3.19. The molecule has 0 aliphatic heterocycles. The van der Waals surface area contributed by atoms with E-state index >= 15 is 0 Å². The van der Waals surface area contributed by atoms with E-state index in [0.29, 0.717) is 5.69 Å². The number of aryl methyl sites for hydroxylation is 1. The molecule has 5 nitrogen and oxygen atoms in total. The van der Waals surface area contributed by atoms with Crippen molar-refractivity contribution < 1.29 is 27.5 Å². The summed E-state index contributed by atoms with van der Waals surface area (Å²) >= 11 is 1.40. The molecule has 24 heavy (non-hydrogen) atoms. The van der Waals surface area contributed by atoms with Gasteiger partial charge in [0.2, 0.25) is 0 Å². The minimum atomic E-state index is -4.44. The lowest BCUT2D eigenvalue weighted by Gasteiger charge is -2.09. The van der Waals surface area contributed by atoms with Crippen molar-refractivity contribution in [2.75, 3.05) is 11.9 Å². The summed E-state index contributed by atoms with van der Waals surface area (Å²) in [6.45, 7) is 1.28. The molecule has 2 aromatic rings. The van der Waals surface area contributed by atoms with E-state index < -0.39 is 30.2 Å². The number of hydrogen-bond donors (Lipinski definition) is 1. The number of halogens is 3. The Morgan fingerprint density at radius 1 is 1.25 bits per heavy atom. The van der Waals surface area contributed by atoms with Crippen LogP contribution in [0.2, 0.25) is 0 Å². The van der Waals surface area contributed by atoms with Crippen LogP contribution >= 0.6 is 11.3 Å². The van der Waals surface area contributed by atoms with Crippen molar-refractivity contribution in [1.82, 2.24) is 4.98 Å². The van der Waals surface area contributed by atoms with E-state index in [0.717, 1.165) is 29.3 Å². The first-order valence-electron chi connectivity index (χ1n) is 6.78. The van der Waals surface area contributed by atoms with Crippen LogP contribution in [0.5, 0.6) is 0 Å². The lowest BCUT2D eigenvalue weighted by Crippen LogP contribution is -2.21. The number of esters is 1. The van der Waals surface area contributed by atoms with E-state index in [1.165, 1.54) is 11.3 Å². The lowest BCUT2D eigenvalue weighted by molar-refractivity contribution is -0.146. The molecule has 0 unspecified atom stereocenters. The first-order chi connectivity index (χ1) is 11.2. The van der Waals surface area contributed by atoms with Gasteiger partial charge in [-0.15, -0.1) is 11.3 Å². The zero-order valence-electron chi connectivity index (χ0n) is 12.5. The van der Waals surface area contributed by atoms with Gasteiger partial charge in [-0.05, 0) is 31.2 Å². The van der Waals surface area contributed by atoms with Crippen molar-refractivity contribution >= 4 is 28.9 Å². The van der Waals surface area contributed by atoms with Gasteiger partial charge in [0, 0.05) is 11.1 Å². The number of carbonyl (C=O) groups excluding carboxylic acids is 2. The topological polar surface area (TPSA) is 68.3 Å². The van der Waals surface area contributed by atoms with Crippen LogP contribution < -0.4 is 5.32 Å². The van der Waals surface area contributed by atoms with Gasteiger partial charge in [0.25, 0.3) is 5.91 Å². The molecule has 1 amide bonds. The maximum atomic E-state index is 12.4.